The number of halogens is 1. The Hall–Kier alpha value is -2.46. The first kappa shape index (κ1) is 25.2. The van der Waals surface area contributed by atoms with Crippen LogP contribution in [0, 0.1) is 6.92 Å². The van der Waals surface area contributed by atoms with Gasteiger partial charge >= 0.3 is 0 Å². The summed E-state index contributed by atoms with van der Waals surface area (Å²) in [4.78, 5) is 15.3. The SMILES string of the molecule is Cc1ccc(S(=O)(=O)N(CCO)c2ccccc2CN(C)C(=O)/C=C/c2ccc(Br)s2)cc1. The molecule has 1 aromatic heterocycles. The van der Waals surface area contributed by atoms with Gasteiger partial charge in [0.05, 0.1) is 27.5 Å². The monoisotopic (exact) mass is 548 g/mol. The van der Waals surface area contributed by atoms with Gasteiger partial charge in [0.2, 0.25) is 5.91 Å². The molecule has 0 saturated carbocycles. The average molecular weight is 550 g/mol. The Bertz CT molecular complexity index is 1240. The first-order valence-corrected chi connectivity index (χ1v) is 13.2. The van der Waals surface area contributed by atoms with Crippen molar-refractivity contribution in [1.29, 1.82) is 0 Å². The number of thiophene rings is 1. The quantitative estimate of drug-likeness (QED) is 0.394. The molecule has 1 amide bonds. The second-order valence-corrected chi connectivity index (χ2v) is 11.8. The number of hydrogen-bond donors (Lipinski definition) is 1. The number of anilines is 1. The van der Waals surface area contributed by atoms with Crippen LogP contribution in [0.4, 0.5) is 5.69 Å². The molecule has 3 rings (SSSR count). The van der Waals surface area contributed by atoms with Crippen molar-refractivity contribution in [2.75, 3.05) is 24.5 Å². The van der Waals surface area contributed by atoms with Gasteiger partial charge < -0.3 is 10.0 Å². The van der Waals surface area contributed by atoms with E-state index in [2.05, 4.69) is 15.9 Å². The van der Waals surface area contributed by atoms with Crippen molar-refractivity contribution in [2.45, 2.75) is 18.4 Å². The van der Waals surface area contributed by atoms with Gasteiger partial charge in [-0.3, -0.25) is 9.10 Å². The van der Waals surface area contributed by atoms with E-state index in [4.69, 9.17) is 0 Å². The summed E-state index contributed by atoms with van der Waals surface area (Å²) in [6, 6.07) is 17.4. The topological polar surface area (TPSA) is 77.9 Å². The van der Waals surface area contributed by atoms with Gasteiger partial charge in [-0.15, -0.1) is 11.3 Å². The van der Waals surface area contributed by atoms with E-state index in [0.29, 0.717) is 11.3 Å². The second kappa shape index (κ2) is 11.1. The summed E-state index contributed by atoms with van der Waals surface area (Å²) in [5.41, 5.74) is 2.04. The number of nitrogens with zero attached hydrogens (tertiary/aromatic N) is 2. The van der Waals surface area contributed by atoms with Gasteiger partial charge in [-0.05, 0) is 64.8 Å². The molecule has 3 aromatic rings. The van der Waals surface area contributed by atoms with Crippen LogP contribution in [0.3, 0.4) is 0 Å². The van der Waals surface area contributed by atoms with Gasteiger partial charge in [0.1, 0.15) is 0 Å². The third kappa shape index (κ3) is 6.32. The summed E-state index contributed by atoms with van der Waals surface area (Å²) in [6.45, 7) is 1.65. The molecule has 0 aliphatic carbocycles. The van der Waals surface area contributed by atoms with Crippen LogP contribution in [-0.4, -0.2) is 44.5 Å². The lowest BCUT2D eigenvalue weighted by Gasteiger charge is -2.27. The Balaban J connectivity index is 1.87. The molecule has 0 aliphatic rings. The van der Waals surface area contributed by atoms with Crippen molar-refractivity contribution >= 4 is 55.0 Å². The molecule has 0 bridgehead atoms. The van der Waals surface area contributed by atoms with Crippen molar-refractivity contribution < 1.29 is 18.3 Å². The second-order valence-electron chi connectivity index (χ2n) is 7.41. The molecule has 1 N–H and O–H groups in total. The molecule has 6 nitrogen and oxygen atoms in total. The molecular weight excluding hydrogens is 524 g/mol. The number of rotatable bonds is 9. The number of carbonyl (C=O) groups excluding carboxylic acids is 1. The average Bonchev–Trinajstić information content (AvgIpc) is 3.21. The van der Waals surface area contributed by atoms with Crippen molar-refractivity contribution in [3.8, 4) is 0 Å². The van der Waals surface area contributed by atoms with Crippen molar-refractivity contribution in [1.82, 2.24) is 4.90 Å². The number of aliphatic hydroxyl groups excluding tert-OH is 1. The zero-order valence-corrected chi connectivity index (χ0v) is 21.5. The summed E-state index contributed by atoms with van der Waals surface area (Å²) in [5, 5.41) is 9.61. The predicted molar refractivity (Wildman–Crippen MR) is 137 cm³/mol. The zero-order valence-electron chi connectivity index (χ0n) is 18.3. The fourth-order valence-electron chi connectivity index (χ4n) is 3.22. The number of hydrogen-bond acceptors (Lipinski definition) is 5. The van der Waals surface area contributed by atoms with E-state index in [9.17, 15) is 18.3 Å². The molecule has 1 heterocycles. The molecule has 0 atom stereocenters. The molecule has 0 spiro atoms. The maximum atomic E-state index is 13.4. The van der Waals surface area contributed by atoms with Gasteiger partial charge in [-0.25, -0.2) is 8.42 Å². The minimum absolute atomic E-state index is 0.0992. The van der Waals surface area contributed by atoms with Crippen LogP contribution in [0.25, 0.3) is 6.08 Å². The van der Waals surface area contributed by atoms with E-state index in [0.717, 1.165) is 14.2 Å². The van der Waals surface area contributed by atoms with Crippen LogP contribution in [0.15, 0.2) is 75.4 Å². The van der Waals surface area contributed by atoms with Gasteiger partial charge in [0, 0.05) is 24.5 Å². The Morgan fingerprint density at radius 2 is 1.79 bits per heavy atom. The number of sulfonamides is 1. The van der Waals surface area contributed by atoms with E-state index >= 15 is 0 Å². The number of amides is 1. The minimum Gasteiger partial charge on any atom is -0.394 e. The van der Waals surface area contributed by atoms with Crippen LogP contribution < -0.4 is 4.31 Å². The normalized spacial score (nSPS) is 11.6. The highest BCUT2D eigenvalue weighted by molar-refractivity contribution is 9.11. The van der Waals surface area contributed by atoms with Crippen LogP contribution >= 0.6 is 27.3 Å². The highest BCUT2D eigenvalue weighted by Crippen LogP contribution is 2.28. The predicted octanol–water partition coefficient (Wildman–Crippen LogP) is 4.68. The molecule has 33 heavy (non-hydrogen) atoms. The summed E-state index contributed by atoms with van der Waals surface area (Å²) in [6.07, 6.45) is 3.25. The van der Waals surface area contributed by atoms with Crippen molar-refractivity contribution in [2.24, 2.45) is 0 Å². The lowest BCUT2D eigenvalue weighted by atomic mass is 10.1. The molecule has 0 unspecified atom stereocenters. The van der Waals surface area contributed by atoms with E-state index in [-0.39, 0.29) is 30.5 Å². The Labute approximate surface area is 207 Å². The molecule has 174 valence electrons. The Morgan fingerprint density at radius 1 is 1.09 bits per heavy atom. The molecule has 0 radical (unpaired) electrons. The van der Waals surface area contributed by atoms with Gasteiger partial charge in [0.25, 0.3) is 10.0 Å². The number of carbonyl (C=O) groups is 1. The maximum Gasteiger partial charge on any atom is 0.264 e. The third-order valence-electron chi connectivity index (χ3n) is 4.94. The largest absolute Gasteiger partial charge is 0.394 e. The fourth-order valence-corrected chi connectivity index (χ4v) is 6.04. The number of aliphatic hydroxyl groups is 1. The molecule has 0 aliphatic heterocycles. The Kier molecular flexibility index (Phi) is 8.47. The fraction of sp³-hybridized carbons (Fsp3) is 0.208. The Morgan fingerprint density at radius 3 is 2.42 bits per heavy atom. The molecular formula is C24H25BrN2O4S2. The van der Waals surface area contributed by atoms with Gasteiger partial charge in [-0.1, -0.05) is 35.9 Å². The smallest absolute Gasteiger partial charge is 0.264 e. The highest BCUT2D eigenvalue weighted by Gasteiger charge is 2.26. The third-order valence-corrected chi connectivity index (χ3v) is 8.36. The summed E-state index contributed by atoms with van der Waals surface area (Å²) in [7, 11) is -2.24. The molecule has 0 saturated heterocycles. The molecule has 9 heteroatoms. The first-order valence-electron chi connectivity index (χ1n) is 10.2. The summed E-state index contributed by atoms with van der Waals surface area (Å²) in [5.74, 6) is -0.204. The zero-order chi connectivity index (χ0) is 24.0. The molecule has 2 aromatic carbocycles. The van der Waals surface area contributed by atoms with E-state index < -0.39 is 10.0 Å². The lowest BCUT2D eigenvalue weighted by Crippen LogP contribution is -2.35. The summed E-state index contributed by atoms with van der Waals surface area (Å²) < 4.78 is 29.0. The van der Waals surface area contributed by atoms with Gasteiger partial charge in [0.15, 0.2) is 0 Å². The standard InChI is InChI=1S/C24H25BrN2O4S2/c1-18-7-11-21(12-8-18)33(30,31)27(15-16-28)22-6-4-3-5-19(22)17-26(2)24(29)14-10-20-9-13-23(25)32-20/h3-14,28H,15-17H2,1-2H3/b14-10+. The van der Waals surface area contributed by atoms with E-state index in [1.165, 1.54) is 26.6 Å². The van der Waals surface area contributed by atoms with E-state index in [1.807, 2.05) is 19.1 Å². The lowest BCUT2D eigenvalue weighted by molar-refractivity contribution is -0.125. The first-order chi connectivity index (χ1) is 15.7. The number of aryl methyl sites for hydroxylation is 1. The van der Waals surface area contributed by atoms with Crippen LogP contribution in [0.2, 0.25) is 0 Å². The summed E-state index contributed by atoms with van der Waals surface area (Å²) >= 11 is 4.92. The van der Waals surface area contributed by atoms with Gasteiger partial charge in [-0.2, -0.15) is 0 Å². The van der Waals surface area contributed by atoms with Crippen LogP contribution in [-0.2, 0) is 21.4 Å². The number of likely N-dealkylation sites (N-methyl/N-ethyl adjacent to an activating group) is 1. The number of para-hydroxylation sites is 1. The molecule has 0 fully saturated rings. The van der Waals surface area contributed by atoms with Crippen LogP contribution in [0.5, 0.6) is 0 Å². The van der Waals surface area contributed by atoms with Crippen LogP contribution in [0.1, 0.15) is 16.0 Å². The number of benzene rings is 2. The van der Waals surface area contributed by atoms with Crippen molar-refractivity contribution in [3.05, 3.63) is 86.5 Å². The van der Waals surface area contributed by atoms with E-state index in [1.54, 1.807) is 61.7 Å². The van der Waals surface area contributed by atoms with Crippen molar-refractivity contribution in [3.63, 3.8) is 0 Å². The highest BCUT2D eigenvalue weighted by atomic mass is 79.9. The maximum absolute atomic E-state index is 13.4. The minimum atomic E-state index is -3.90.